The highest BCUT2D eigenvalue weighted by Crippen LogP contribution is 2.28. The summed E-state index contributed by atoms with van der Waals surface area (Å²) in [4.78, 5) is 15.1. The fraction of sp³-hybridized carbons (Fsp3) is 0.476. The quantitative estimate of drug-likeness (QED) is 0.733. The van der Waals surface area contributed by atoms with E-state index in [1.165, 1.54) is 0 Å². The third kappa shape index (κ3) is 3.71. The molecule has 0 N–H and O–H groups in total. The number of aryl methyl sites for hydroxylation is 1. The average Bonchev–Trinajstić information content (AvgIpc) is 3.30. The molecular weight excluding hydrogens is 408 g/mol. The number of hydrogen-bond donors (Lipinski definition) is 0. The van der Waals surface area contributed by atoms with Gasteiger partial charge in [0, 0.05) is 40.6 Å². The van der Waals surface area contributed by atoms with Crippen molar-refractivity contribution in [3.63, 3.8) is 0 Å². The second-order valence-corrected chi connectivity index (χ2v) is 8.26. The van der Waals surface area contributed by atoms with Gasteiger partial charge in [-0.3, -0.25) is 4.79 Å². The van der Waals surface area contributed by atoms with Crippen LogP contribution in [0.1, 0.15) is 34.6 Å². The summed E-state index contributed by atoms with van der Waals surface area (Å²) in [5.41, 5.74) is 3.91. The summed E-state index contributed by atoms with van der Waals surface area (Å²) in [6.07, 6.45) is 1.78. The molecule has 1 aromatic heterocycles. The van der Waals surface area contributed by atoms with Crippen molar-refractivity contribution in [3.8, 4) is 5.69 Å². The van der Waals surface area contributed by atoms with Crippen LogP contribution in [0.3, 0.4) is 0 Å². The van der Waals surface area contributed by atoms with Gasteiger partial charge in [-0.1, -0.05) is 22.0 Å². The summed E-state index contributed by atoms with van der Waals surface area (Å²) in [7, 11) is 0. The lowest BCUT2D eigenvalue weighted by molar-refractivity contribution is -0.0956. The maximum absolute atomic E-state index is 13.2. The third-order valence-electron chi connectivity index (χ3n) is 5.59. The molecule has 0 aliphatic carbocycles. The smallest absolute Gasteiger partial charge is 0.255 e. The van der Waals surface area contributed by atoms with Gasteiger partial charge in [0.25, 0.3) is 5.91 Å². The molecule has 0 saturated carbocycles. The molecule has 2 aliphatic rings. The number of hydrogen-bond acceptors (Lipinski definition) is 3. The van der Waals surface area contributed by atoms with Gasteiger partial charge in [-0.25, -0.2) is 0 Å². The molecule has 0 unspecified atom stereocenters. The summed E-state index contributed by atoms with van der Waals surface area (Å²) in [6.45, 7) is 6.96. The van der Waals surface area contributed by atoms with E-state index < -0.39 is 0 Å². The highest BCUT2D eigenvalue weighted by Gasteiger charge is 2.32. The van der Waals surface area contributed by atoms with E-state index in [0.29, 0.717) is 19.1 Å². The van der Waals surface area contributed by atoms with Crippen LogP contribution < -0.4 is 0 Å². The van der Waals surface area contributed by atoms with Crippen molar-refractivity contribution in [2.45, 2.75) is 33.0 Å². The number of carbonyl (C=O) groups excluding carboxylic acids is 1. The molecule has 144 valence electrons. The zero-order valence-electron chi connectivity index (χ0n) is 15.8. The van der Waals surface area contributed by atoms with Crippen LogP contribution in [0, 0.1) is 19.8 Å². The number of ether oxygens (including phenoxy) is 2. The molecule has 0 atom stereocenters. The second kappa shape index (κ2) is 7.78. The first-order valence-electron chi connectivity index (χ1n) is 9.52. The molecule has 2 fully saturated rings. The highest BCUT2D eigenvalue weighted by atomic mass is 79.9. The monoisotopic (exact) mass is 432 g/mol. The molecule has 6 heteroatoms. The van der Waals surface area contributed by atoms with Crippen LogP contribution in [-0.4, -0.2) is 48.0 Å². The molecular formula is C21H25BrN2O3. The number of benzene rings is 1. The summed E-state index contributed by atoms with van der Waals surface area (Å²) in [5, 5.41) is 0. The van der Waals surface area contributed by atoms with E-state index in [1.807, 2.05) is 36.9 Å². The van der Waals surface area contributed by atoms with Crippen LogP contribution in [0.5, 0.6) is 0 Å². The van der Waals surface area contributed by atoms with Crippen molar-refractivity contribution < 1.29 is 14.3 Å². The lowest BCUT2D eigenvalue weighted by Crippen LogP contribution is -2.41. The zero-order valence-corrected chi connectivity index (χ0v) is 17.4. The van der Waals surface area contributed by atoms with Crippen LogP contribution in [0.15, 0.2) is 34.8 Å². The first-order chi connectivity index (χ1) is 13.0. The molecule has 1 amide bonds. The first-order valence-corrected chi connectivity index (χ1v) is 10.3. The zero-order chi connectivity index (χ0) is 19.0. The van der Waals surface area contributed by atoms with Gasteiger partial charge in [0.1, 0.15) is 0 Å². The molecule has 0 spiro atoms. The number of piperidine rings is 1. The minimum Gasteiger partial charge on any atom is -0.350 e. The number of halogens is 1. The number of amides is 1. The Hall–Kier alpha value is -1.63. The summed E-state index contributed by atoms with van der Waals surface area (Å²) in [6, 6.07) is 10.2. The molecule has 2 aliphatic heterocycles. The van der Waals surface area contributed by atoms with Gasteiger partial charge in [-0.2, -0.15) is 0 Å². The number of likely N-dealkylation sites (tertiary alicyclic amines) is 1. The number of aromatic nitrogens is 1. The van der Waals surface area contributed by atoms with E-state index >= 15 is 0 Å². The first kappa shape index (κ1) is 18.7. The van der Waals surface area contributed by atoms with Gasteiger partial charge in [-0.15, -0.1) is 0 Å². The largest absolute Gasteiger partial charge is 0.350 e. The van der Waals surface area contributed by atoms with E-state index in [-0.39, 0.29) is 12.2 Å². The SMILES string of the molecule is Cc1cc(C(=O)N2CCC(C3OCCO3)CC2)c(C)n1-c1cccc(Br)c1. The fourth-order valence-corrected chi connectivity index (χ4v) is 4.57. The number of nitrogens with zero attached hydrogens (tertiary/aromatic N) is 2. The van der Waals surface area contributed by atoms with Crippen LogP contribution >= 0.6 is 15.9 Å². The van der Waals surface area contributed by atoms with E-state index in [4.69, 9.17) is 9.47 Å². The summed E-state index contributed by atoms with van der Waals surface area (Å²) in [5.74, 6) is 0.515. The Labute approximate surface area is 168 Å². The molecule has 2 aromatic rings. The van der Waals surface area contributed by atoms with Crippen molar-refractivity contribution in [1.82, 2.24) is 9.47 Å². The fourth-order valence-electron chi connectivity index (χ4n) is 4.19. The Kier molecular flexibility index (Phi) is 5.39. The van der Waals surface area contributed by atoms with Crippen LogP contribution in [0.2, 0.25) is 0 Å². The van der Waals surface area contributed by atoms with Crippen molar-refractivity contribution >= 4 is 21.8 Å². The van der Waals surface area contributed by atoms with Crippen molar-refractivity contribution in [1.29, 1.82) is 0 Å². The maximum Gasteiger partial charge on any atom is 0.255 e. The molecule has 0 radical (unpaired) electrons. The molecule has 0 bridgehead atoms. The van der Waals surface area contributed by atoms with Gasteiger partial charge in [-0.05, 0) is 51.0 Å². The molecule has 1 aromatic carbocycles. The molecule has 5 nitrogen and oxygen atoms in total. The minimum absolute atomic E-state index is 0.0798. The highest BCUT2D eigenvalue weighted by molar-refractivity contribution is 9.10. The van der Waals surface area contributed by atoms with Crippen LogP contribution in [0.4, 0.5) is 0 Å². The van der Waals surface area contributed by atoms with Crippen molar-refractivity contribution in [2.75, 3.05) is 26.3 Å². The van der Waals surface area contributed by atoms with Crippen molar-refractivity contribution in [2.24, 2.45) is 5.92 Å². The van der Waals surface area contributed by atoms with Gasteiger partial charge in [0.15, 0.2) is 6.29 Å². The average molecular weight is 433 g/mol. The second-order valence-electron chi connectivity index (χ2n) is 7.34. The Morgan fingerprint density at radius 1 is 1.11 bits per heavy atom. The Morgan fingerprint density at radius 2 is 1.81 bits per heavy atom. The van der Waals surface area contributed by atoms with Gasteiger partial charge in [0.2, 0.25) is 0 Å². The standard InChI is InChI=1S/C21H25BrN2O3/c1-14-12-19(15(2)24(14)18-5-3-4-17(22)13-18)20(25)23-8-6-16(7-9-23)21-26-10-11-27-21/h3-5,12-13,16,21H,6-11H2,1-2H3. The Balaban J connectivity index is 1.50. The normalized spacial score (nSPS) is 19.0. The van der Waals surface area contributed by atoms with Crippen molar-refractivity contribution in [3.05, 3.63) is 51.8 Å². The molecule has 3 heterocycles. The lowest BCUT2D eigenvalue weighted by Gasteiger charge is -2.33. The minimum atomic E-state index is -0.0798. The Bertz CT molecular complexity index is 834. The van der Waals surface area contributed by atoms with E-state index in [1.54, 1.807) is 0 Å². The van der Waals surface area contributed by atoms with Gasteiger partial charge >= 0.3 is 0 Å². The summed E-state index contributed by atoms with van der Waals surface area (Å²) >= 11 is 3.53. The third-order valence-corrected chi connectivity index (χ3v) is 6.08. The Morgan fingerprint density at radius 3 is 2.48 bits per heavy atom. The predicted octanol–water partition coefficient (Wildman–Crippen LogP) is 4.08. The topological polar surface area (TPSA) is 43.7 Å². The van der Waals surface area contributed by atoms with E-state index in [9.17, 15) is 4.79 Å². The number of rotatable bonds is 3. The van der Waals surface area contributed by atoms with E-state index in [2.05, 4.69) is 32.6 Å². The molecule has 27 heavy (non-hydrogen) atoms. The number of carbonyl (C=O) groups is 1. The predicted molar refractivity (Wildman–Crippen MR) is 107 cm³/mol. The lowest BCUT2D eigenvalue weighted by atomic mass is 9.95. The van der Waals surface area contributed by atoms with E-state index in [0.717, 1.165) is 53.0 Å². The molecule has 2 saturated heterocycles. The van der Waals surface area contributed by atoms with Crippen LogP contribution in [-0.2, 0) is 9.47 Å². The maximum atomic E-state index is 13.2. The van der Waals surface area contributed by atoms with Crippen LogP contribution in [0.25, 0.3) is 5.69 Å². The molecule has 4 rings (SSSR count). The van der Waals surface area contributed by atoms with Gasteiger partial charge in [0.05, 0.1) is 18.8 Å². The van der Waals surface area contributed by atoms with Gasteiger partial charge < -0.3 is 18.9 Å². The summed E-state index contributed by atoms with van der Waals surface area (Å²) < 4.78 is 14.4.